The first-order chi connectivity index (χ1) is 5.63. The SMILES string of the molecule is C=C(CBr)c1cc(C)cc(Br)c1. The van der Waals surface area contributed by atoms with Crippen molar-refractivity contribution in [2.45, 2.75) is 6.92 Å². The van der Waals surface area contributed by atoms with Crippen LogP contribution in [0.4, 0.5) is 0 Å². The molecule has 0 aromatic heterocycles. The highest BCUT2D eigenvalue weighted by molar-refractivity contribution is 9.10. The predicted octanol–water partition coefficient (Wildman–Crippen LogP) is 4.17. The molecule has 0 spiro atoms. The van der Waals surface area contributed by atoms with Crippen LogP contribution in [0, 0.1) is 6.92 Å². The van der Waals surface area contributed by atoms with Gasteiger partial charge in [0.05, 0.1) is 0 Å². The average Bonchev–Trinajstić information content (AvgIpc) is 2.01. The summed E-state index contributed by atoms with van der Waals surface area (Å²) < 4.78 is 1.11. The van der Waals surface area contributed by atoms with Gasteiger partial charge < -0.3 is 0 Å². The van der Waals surface area contributed by atoms with Crippen molar-refractivity contribution in [3.05, 3.63) is 40.4 Å². The molecule has 0 bridgehead atoms. The molecule has 0 aliphatic rings. The van der Waals surface area contributed by atoms with E-state index in [4.69, 9.17) is 0 Å². The van der Waals surface area contributed by atoms with Crippen molar-refractivity contribution in [1.29, 1.82) is 0 Å². The third-order valence-corrected chi connectivity index (χ3v) is 2.75. The molecule has 0 aliphatic heterocycles. The van der Waals surface area contributed by atoms with Gasteiger partial charge in [-0.1, -0.05) is 44.5 Å². The van der Waals surface area contributed by atoms with Gasteiger partial charge >= 0.3 is 0 Å². The summed E-state index contributed by atoms with van der Waals surface area (Å²) in [5.74, 6) is 0. The largest absolute Gasteiger partial charge is 0.0944 e. The van der Waals surface area contributed by atoms with E-state index in [9.17, 15) is 0 Å². The minimum atomic E-state index is 0.822. The zero-order chi connectivity index (χ0) is 9.14. The van der Waals surface area contributed by atoms with Gasteiger partial charge in [-0.15, -0.1) is 0 Å². The quantitative estimate of drug-likeness (QED) is 0.717. The van der Waals surface area contributed by atoms with Crippen LogP contribution in [0.15, 0.2) is 29.3 Å². The minimum Gasteiger partial charge on any atom is -0.0944 e. The molecule has 64 valence electrons. The molecule has 1 aromatic carbocycles. The monoisotopic (exact) mass is 288 g/mol. The van der Waals surface area contributed by atoms with Gasteiger partial charge in [0.15, 0.2) is 0 Å². The fourth-order valence-corrected chi connectivity index (χ4v) is 1.95. The van der Waals surface area contributed by atoms with Crippen LogP contribution in [0.3, 0.4) is 0 Å². The first-order valence-corrected chi connectivity index (χ1v) is 5.56. The molecule has 0 heterocycles. The van der Waals surface area contributed by atoms with E-state index in [1.807, 2.05) is 0 Å². The molecule has 0 radical (unpaired) electrons. The number of allylic oxidation sites excluding steroid dienone is 1. The van der Waals surface area contributed by atoms with Gasteiger partial charge in [-0.05, 0) is 35.8 Å². The topological polar surface area (TPSA) is 0 Å². The zero-order valence-electron chi connectivity index (χ0n) is 6.90. The fourth-order valence-electron chi connectivity index (χ4n) is 1.02. The van der Waals surface area contributed by atoms with Crippen molar-refractivity contribution in [3.8, 4) is 0 Å². The molecule has 12 heavy (non-hydrogen) atoms. The molecule has 0 unspecified atom stereocenters. The lowest BCUT2D eigenvalue weighted by molar-refractivity contribution is 1.42. The Morgan fingerprint density at radius 1 is 1.42 bits per heavy atom. The van der Waals surface area contributed by atoms with Gasteiger partial charge in [-0.3, -0.25) is 0 Å². The van der Waals surface area contributed by atoms with E-state index < -0.39 is 0 Å². The third-order valence-electron chi connectivity index (χ3n) is 1.61. The number of halogens is 2. The van der Waals surface area contributed by atoms with Gasteiger partial charge in [0.25, 0.3) is 0 Å². The standard InChI is InChI=1S/C10H10Br2/c1-7-3-9(8(2)6-11)5-10(12)4-7/h3-5H,2,6H2,1H3. The molecule has 0 amide bonds. The lowest BCUT2D eigenvalue weighted by Crippen LogP contribution is -1.85. The van der Waals surface area contributed by atoms with Gasteiger partial charge in [0, 0.05) is 9.80 Å². The Balaban J connectivity index is 3.08. The Hall–Kier alpha value is -0.0800. The number of hydrogen-bond acceptors (Lipinski definition) is 0. The van der Waals surface area contributed by atoms with E-state index in [0.717, 1.165) is 15.4 Å². The summed E-state index contributed by atoms with van der Waals surface area (Å²) >= 11 is 6.84. The molecule has 0 fully saturated rings. The number of benzene rings is 1. The van der Waals surface area contributed by atoms with E-state index in [2.05, 4.69) is 63.6 Å². The van der Waals surface area contributed by atoms with Crippen LogP contribution in [0.1, 0.15) is 11.1 Å². The summed E-state index contributed by atoms with van der Waals surface area (Å²) in [7, 11) is 0. The maximum atomic E-state index is 3.96. The van der Waals surface area contributed by atoms with Crippen LogP contribution in [0.25, 0.3) is 5.57 Å². The van der Waals surface area contributed by atoms with Crippen LogP contribution >= 0.6 is 31.9 Å². The molecule has 0 N–H and O–H groups in total. The highest BCUT2D eigenvalue weighted by atomic mass is 79.9. The van der Waals surface area contributed by atoms with E-state index >= 15 is 0 Å². The molecule has 0 saturated heterocycles. The zero-order valence-corrected chi connectivity index (χ0v) is 10.1. The maximum Gasteiger partial charge on any atom is 0.0283 e. The van der Waals surface area contributed by atoms with Gasteiger partial charge in [-0.2, -0.15) is 0 Å². The Kier molecular flexibility index (Phi) is 3.53. The summed E-state index contributed by atoms with van der Waals surface area (Å²) in [6.45, 7) is 6.04. The number of hydrogen-bond donors (Lipinski definition) is 0. The molecule has 0 atom stereocenters. The second-order valence-electron chi connectivity index (χ2n) is 2.75. The van der Waals surface area contributed by atoms with Crippen LogP contribution in [0.5, 0.6) is 0 Å². The first-order valence-electron chi connectivity index (χ1n) is 3.65. The molecule has 0 saturated carbocycles. The Bertz CT molecular complexity index is 282. The number of alkyl halides is 1. The smallest absolute Gasteiger partial charge is 0.0283 e. The van der Waals surface area contributed by atoms with Crippen molar-refractivity contribution < 1.29 is 0 Å². The van der Waals surface area contributed by atoms with Gasteiger partial charge in [-0.25, -0.2) is 0 Å². The third kappa shape index (κ3) is 2.46. The summed E-state index contributed by atoms with van der Waals surface area (Å²) in [5.41, 5.74) is 3.56. The molecule has 0 aliphatic carbocycles. The number of rotatable bonds is 2. The van der Waals surface area contributed by atoms with E-state index in [0.29, 0.717) is 0 Å². The van der Waals surface area contributed by atoms with Crippen molar-refractivity contribution in [1.82, 2.24) is 0 Å². The Labute approximate surface area is 89.9 Å². The van der Waals surface area contributed by atoms with Crippen LogP contribution in [-0.4, -0.2) is 5.33 Å². The lowest BCUT2D eigenvalue weighted by atomic mass is 10.1. The lowest BCUT2D eigenvalue weighted by Gasteiger charge is -2.04. The highest BCUT2D eigenvalue weighted by Gasteiger charge is 1.99. The normalized spacial score (nSPS) is 9.92. The summed E-state index contributed by atoms with van der Waals surface area (Å²) in [6.07, 6.45) is 0. The molecule has 1 rings (SSSR count). The van der Waals surface area contributed by atoms with Crippen LogP contribution in [0.2, 0.25) is 0 Å². The number of aryl methyl sites for hydroxylation is 1. The second kappa shape index (κ2) is 4.24. The molecule has 1 aromatic rings. The average molecular weight is 290 g/mol. The molecule has 2 heteroatoms. The Morgan fingerprint density at radius 2 is 2.08 bits per heavy atom. The predicted molar refractivity (Wildman–Crippen MR) is 61.7 cm³/mol. The van der Waals surface area contributed by atoms with Gasteiger partial charge in [0.2, 0.25) is 0 Å². The van der Waals surface area contributed by atoms with E-state index in [1.165, 1.54) is 11.1 Å². The van der Waals surface area contributed by atoms with Crippen molar-refractivity contribution in [2.75, 3.05) is 5.33 Å². The van der Waals surface area contributed by atoms with Gasteiger partial charge in [0.1, 0.15) is 0 Å². The minimum absolute atomic E-state index is 0.822. The fraction of sp³-hybridized carbons (Fsp3) is 0.200. The molecule has 0 nitrogen and oxygen atoms in total. The van der Waals surface area contributed by atoms with E-state index in [1.54, 1.807) is 0 Å². The molecular weight excluding hydrogens is 280 g/mol. The maximum absolute atomic E-state index is 3.96. The first kappa shape index (κ1) is 10.0. The van der Waals surface area contributed by atoms with Crippen LogP contribution < -0.4 is 0 Å². The van der Waals surface area contributed by atoms with Crippen molar-refractivity contribution in [3.63, 3.8) is 0 Å². The van der Waals surface area contributed by atoms with Crippen molar-refractivity contribution in [2.24, 2.45) is 0 Å². The van der Waals surface area contributed by atoms with Crippen LogP contribution in [-0.2, 0) is 0 Å². The molecular formula is C10H10Br2. The summed E-state index contributed by atoms with van der Waals surface area (Å²) in [5, 5.41) is 0.822. The summed E-state index contributed by atoms with van der Waals surface area (Å²) in [6, 6.07) is 6.30. The van der Waals surface area contributed by atoms with Crippen molar-refractivity contribution >= 4 is 37.4 Å². The highest BCUT2D eigenvalue weighted by Crippen LogP contribution is 2.21. The van der Waals surface area contributed by atoms with E-state index in [-0.39, 0.29) is 0 Å². The second-order valence-corrected chi connectivity index (χ2v) is 4.23. The summed E-state index contributed by atoms with van der Waals surface area (Å²) in [4.78, 5) is 0. The Morgan fingerprint density at radius 3 is 2.58 bits per heavy atom.